The first kappa shape index (κ1) is 10.1. The van der Waals surface area contributed by atoms with Gasteiger partial charge in [-0.25, -0.2) is 4.79 Å². The lowest BCUT2D eigenvalue weighted by Gasteiger charge is -2.18. The van der Waals surface area contributed by atoms with Crippen molar-refractivity contribution in [3.8, 4) is 0 Å². The predicted molar refractivity (Wildman–Crippen MR) is 38.9 cm³/mol. The summed E-state index contributed by atoms with van der Waals surface area (Å²) in [5.74, 6) is -0.612. The smallest absolute Gasteiger partial charge is 0.330 e. The maximum Gasteiger partial charge on any atom is 0.330 e. The van der Waals surface area contributed by atoms with Gasteiger partial charge in [0.05, 0.1) is 6.61 Å². The van der Waals surface area contributed by atoms with Crippen LogP contribution in [0.2, 0.25) is 0 Å². The van der Waals surface area contributed by atoms with E-state index in [0.29, 0.717) is 0 Å². The summed E-state index contributed by atoms with van der Waals surface area (Å²) in [6.45, 7) is 3.86. The van der Waals surface area contributed by atoms with E-state index < -0.39 is 18.2 Å². The third kappa shape index (κ3) is 4.52. The number of aliphatic hydroxyl groups is 2. The van der Waals surface area contributed by atoms with Crippen molar-refractivity contribution in [1.82, 2.24) is 0 Å². The number of esters is 1. The van der Waals surface area contributed by atoms with Crippen molar-refractivity contribution < 1.29 is 19.7 Å². The van der Waals surface area contributed by atoms with Gasteiger partial charge in [0, 0.05) is 6.08 Å². The van der Waals surface area contributed by atoms with Crippen LogP contribution in [0, 0.1) is 0 Å². The number of carbonyl (C=O) groups excluding carboxylic acids is 1. The molecule has 0 rings (SSSR count). The highest BCUT2D eigenvalue weighted by Crippen LogP contribution is 2.01. The van der Waals surface area contributed by atoms with E-state index in [2.05, 4.69) is 11.3 Å². The molecule has 0 aromatic rings. The van der Waals surface area contributed by atoms with Crippen LogP contribution in [0.15, 0.2) is 12.7 Å². The Morgan fingerprint density at radius 1 is 1.82 bits per heavy atom. The fourth-order valence-corrected chi connectivity index (χ4v) is 0.331. The Labute approximate surface area is 65.1 Å². The predicted octanol–water partition coefficient (Wildman–Crippen LogP) is -0.541. The standard InChI is InChI=1S/C7H12O4/c1-3-6(9)11-5-7(2,10)4-8/h3,8,10H,1,4-5H2,2H3. The summed E-state index contributed by atoms with van der Waals surface area (Å²) in [6.07, 6.45) is 0.994. The number of carbonyl (C=O) groups is 1. The van der Waals surface area contributed by atoms with Gasteiger partial charge in [-0.2, -0.15) is 0 Å². The minimum Gasteiger partial charge on any atom is -0.459 e. The lowest BCUT2D eigenvalue weighted by Crippen LogP contribution is -2.35. The third-order valence-electron chi connectivity index (χ3n) is 1.03. The number of hydrogen-bond donors (Lipinski definition) is 2. The lowest BCUT2D eigenvalue weighted by atomic mass is 10.1. The van der Waals surface area contributed by atoms with Crippen molar-refractivity contribution in [3.05, 3.63) is 12.7 Å². The second-order valence-electron chi connectivity index (χ2n) is 2.47. The lowest BCUT2D eigenvalue weighted by molar-refractivity contribution is -0.146. The minimum atomic E-state index is -1.36. The van der Waals surface area contributed by atoms with Crippen LogP contribution in [0.1, 0.15) is 6.92 Å². The van der Waals surface area contributed by atoms with Crippen molar-refractivity contribution in [1.29, 1.82) is 0 Å². The van der Waals surface area contributed by atoms with Crippen LogP contribution in [-0.2, 0) is 9.53 Å². The molecular formula is C7H12O4. The molecule has 0 bridgehead atoms. The zero-order valence-electron chi connectivity index (χ0n) is 6.41. The first-order valence-corrected chi connectivity index (χ1v) is 3.14. The van der Waals surface area contributed by atoms with Crippen molar-refractivity contribution in [2.45, 2.75) is 12.5 Å². The Bertz CT molecular complexity index is 151. The number of aliphatic hydroxyl groups excluding tert-OH is 1. The second kappa shape index (κ2) is 4.10. The fraction of sp³-hybridized carbons (Fsp3) is 0.571. The van der Waals surface area contributed by atoms with E-state index in [1.165, 1.54) is 6.92 Å². The van der Waals surface area contributed by atoms with Crippen molar-refractivity contribution in [2.24, 2.45) is 0 Å². The summed E-state index contributed by atoms with van der Waals surface area (Å²) in [5.41, 5.74) is -1.36. The Morgan fingerprint density at radius 3 is 2.73 bits per heavy atom. The number of rotatable bonds is 4. The van der Waals surface area contributed by atoms with Gasteiger partial charge < -0.3 is 14.9 Å². The molecule has 0 fully saturated rings. The molecule has 4 heteroatoms. The van der Waals surface area contributed by atoms with Gasteiger partial charge in [-0.3, -0.25) is 0 Å². The highest BCUT2D eigenvalue weighted by molar-refractivity contribution is 5.81. The summed E-state index contributed by atoms with van der Waals surface area (Å²) < 4.78 is 4.48. The molecule has 11 heavy (non-hydrogen) atoms. The van der Waals surface area contributed by atoms with Gasteiger partial charge in [0.1, 0.15) is 12.2 Å². The zero-order chi connectivity index (χ0) is 8.91. The molecule has 1 atom stereocenters. The Balaban J connectivity index is 3.69. The normalized spacial score (nSPS) is 15.2. The quantitative estimate of drug-likeness (QED) is 0.428. The van der Waals surface area contributed by atoms with Gasteiger partial charge >= 0.3 is 5.97 Å². The molecule has 0 radical (unpaired) electrons. The van der Waals surface area contributed by atoms with Gasteiger partial charge in [-0.15, -0.1) is 0 Å². The largest absolute Gasteiger partial charge is 0.459 e. The topological polar surface area (TPSA) is 66.8 Å². The Morgan fingerprint density at radius 2 is 2.36 bits per heavy atom. The molecule has 0 saturated heterocycles. The molecule has 1 unspecified atom stereocenters. The van der Waals surface area contributed by atoms with Crippen LogP contribution in [0.3, 0.4) is 0 Å². The van der Waals surface area contributed by atoms with Gasteiger partial charge in [-0.1, -0.05) is 6.58 Å². The molecule has 64 valence electrons. The van der Waals surface area contributed by atoms with E-state index in [1.807, 2.05) is 0 Å². The molecular weight excluding hydrogens is 148 g/mol. The van der Waals surface area contributed by atoms with E-state index in [9.17, 15) is 4.79 Å². The maximum atomic E-state index is 10.4. The summed E-state index contributed by atoms with van der Waals surface area (Å²) >= 11 is 0. The van der Waals surface area contributed by atoms with Crippen molar-refractivity contribution >= 4 is 5.97 Å². The molecule has 0 heterocycles. The highest BCUT2D eigenvalue weighted by atomic mass is 16.5. The number of ether oxygens (including phenoxy) is 1. The molecule has 0 aliphatic carbocycles. The molecule has 0 saturated carbocycles. The van der Waals surface area contributed by atoms with E-state index in [4.69, 9.17) is 10.2 Å². The molecule has 2 N–H and O–H groups in total. The van der Waals surface area contributed by atoms with Gasteiger partial charge in [0.25, 0.3) is 0 Å². The fourth-order valence-electron chi connectivity index (χ4n) is 0.331. The first-order valence-electron chi connectivity index (χ1n) is 3.14. The summed E-state index contributed by atoms with van der Waals surface area (Å²) in [4.78, 5) is 10.4. The van der Waals surface area contributed by atoms with E-state index in [1.54, 1.807) is 0 Å². The Hall–Kier alpha value is -0.870. The van der Waals surface area contributed by atoms with E-state index in [0.717, 1.165) is 6.08 Å². The average Bonchev–Trinajstić information content (AvgIpc) is 2.00. The number of hydrogen-bond acceptors (Lipinski definition) is 4. The van der Waals surface area contributed by atoms with Crippen LogP contribution in [-0.4, -0.2) is 35.0 Å². The van der Waals surface area contributed by atoms with Crippen LogP contribution in [0.4, 0.5) is 0 Å². The molecule has 0 aliphatic heterocycles. The monoisotopic (exact) mass is 160 g/mol. The first-order chi connectivity index (χ1) is 5.02. The van der Waals surface area contributed by atoms with Crippen LogP contribution < -0.4 is 0 Å². The second-order valence-corrected chi connectivity index (χ2v) is 2.47. The van der Waals surface area contributed by atoms with Gasteiger partial charge in [0.15, 0.2) is 0 Å². The van der Waals surface area contributed by atoms with E-state index in [-0.39, 0.29) is 6.61 Å². The SMILES string of the molecule is C=CC(=O)OCC(C)(O)CO. The van der Waals surface area contributed by atoms with Crippen molar-refractivity contribution in [2.75, 3.05) is 13.2 Å². The minimum absolute atomic E-state index is 0.228. The van der Waals surface area contributed by atoms with Crippen molar-refractivity contribution in [3.63, 3.8) is 0 Å². The summed E-state index contributed by atoms with van der Waals surface area (Å²) in [5, 5.41) is 17.6. The summed E-state index contributed by atoms with van der Waals surface area (Å²) in [6, 6.07) is 0. The molecule has 0 aromatic carbocycles. The molecule has 0 aliphatic rings. The average molecular weight is 160 g/mol. The highest BCUT2D eigenvalue weighted by Gasteiger charge is 2.20. The maximum absolute atomic E-state index is 10.4. The zero-order valence-corrected chi connectivity index (χ0v) is 6.41. The van der Waals surface area contributed by atoms with Gasteiger partial charge in [-0.05, 0) is 6.92 Å². The summed E-state index contributed by atoms with van der Waals surface area (Å²) in [7, 11) is 0. The van der Waals surface area contributed by atoms with Crippen LogP contribution in [0.5, 0.6) is 0 Å². The van der Waals surface area contributed by atoms with E-state index >= 15 is 0 Å². The van der Waals surface area contributed by atoms with Crippen LogP contribution >= 0.6 is 0 Å². The Kier molecular flexibility index (Phi) is 3.78. The van der Waals surface area contributed by atoms with Gasteiger partial charge in [0.2, 0.25) is 0 Å². The molecule has 4 nitrogen and oxygen atoms in total. The molecule has 0 amide bonds. The molecule has 0 aromatic heterocycles. The van der Waals surface area contributed by atoms with Crippen LogP contribution in [0.25, 0.3) is 0 Å². The third-order valence-corrected chi connectivity index (χ3v) is 1.03. The molecule has 0 spiro atoms.